The molecule has 1 N–H and O–H groups in total. The van der Waals surface area contributed by atoms with Gasteiger partial charge in [-0.3, -0.25) is 4.79 Å². The summed E-state index contributed by atoms with van der Waals surface area (Å²) < 4.78 is 7.42. The molecule has 0 aliphatic carbocycles. The molecule has 0 aliphatic heterocycles. The van der Waals surface area contributed by atoms with Crippen molar-refractivity contribution < 1.29 is 19.4 Å². The number of hydrogen-bond donors (Lipinski definition) is 1. The van der Waals surface area contributed by atoms with Crippen LogP contribution in [0.15, 0.2) is 66.9 Å². The number of benzene rings is 2. The molecule has 0 saturated heterocycles. The number of aryl methyl sites for hydroxylation is 2. The largest absolute Gasteiger partial charge is 0.479 e. The highest BCUT2D eigenvalue weighted by Gasteiger charge is 2.27. The number of allylic oxidation sites excluding steroid dienone is 1. The number of hydrogen-bond acceptors (Lipinski definition) is 3. The van der Waals surface area contributed by atoms with Gasteiger partial charge in [-0.25, -0.2) is 4.79 Å². The first kappa shape index (κ1) is 23.2. The van der Waals surface area contributed by atoms with Crippen molar-refractivity contribution in [1.29, 1.82) is 0 Å². The molecule has 5 nitrogen and oxygen atoms in total. The van der Waals surface area contributed by atoms with Gasteiger partial charge in [0.1, 0.15) is 0 Å². The molecular formula is C27H29NO4. The minimum atomic E-state index is -1.22. The molecule has 0 spiro atoms. The lowest BCUT2D eigenvalue weighted by molar-refractivity contribution is -0.162. The molecule has 0 fully saturated rings. The van der Waals surface area contributed by atoms with Crippen molar-refractivity contribution >= 4 is 17.8 Å². The van der Waals surface area contributed by atoms with E-state index >= 15 is 0 Å². The van der Waals surface area contributed by atoms with Crippen molar-refractivity contribution in [3.05, 3.63) is 100 Å². The fraction of sp³-hybridized carbons (Fsp3) is 0.259. The standard InChI is InChI=1S/C27H29NO4/c1-19-15-20(2)17-23(16-19)25(29)24-8-6-14-28(24)13-5-7-21-9-11-22(12-10-21)18-32-27(3,4)26(30)31/h5-12,14-17H,13,18H2,1-4H3,(H,30,31)/b7-5+. The number of ether oxygens (including phenoxy) is 1. The van der Waals surface area contributed by atoms with Crippen molar-refractivity contribution in [2.45, 2.75) is 46.4 Å². The Morgan fingerprint density at radius 3 is 2.31 bits per heavy atom. The molecule has 0 saturated carbocycles. The predicted molar refractivity (Wildman–Crippen MR) is 126 cm³/mol. The van der Waals surface area contributed by atoms with Gasteiger partial charge in [-0.05, 0) is 63.1 Å². The van der Waals surface area contributed by atoms with Gasteiger partial charge in [0, 0.05) is 18.3 Å². The van der Waals surface area contributed by atoms with E-state index in [0.717, 1.165) is 22.3 Å². The summed E-state index contributed by atoms with van der Waals surface area (Å²) in [5.41, 5.74) is 4.22. The number of aliphatic carboxylic acids is 1. The monoisotopic (exact) mass is 431 g/mol. The maximum Gasteiger partial charge on any atom is 0.335 e. The van der Waals surface area contributed by atoms with Crippen molar-refractivity contribution in [3.63, 3.8) is 0 Å². The van der Waals surface area contributed by atoms with Crippen LogP contribution in [0.5, 0.6) is 0 Å². The number of carbonyl (C=O) groups excluding carboxylic acids is 1. The quantitative estimate of drug-likeness (QED) is 0.459. The fourth-order valence-electron chi connectivity index (χ4n) is 3.39. The molecule has 0 unspecified atom stereocenters. The molecule has 5 heteroatoms. The van der Waals surface area contributed by atoms with Crippen LogP contribution in [0.4, 0.5) is 0 Å². The third-order valence-electron chi connectivity index (χ3n) is 5.25. The molecule has 166 valence electrons. The SMILES string of the molecule is Cc1cc(C)cc(C(=O)c2cccn2C/C=C/c2ccc(COC(C)(C)C(=O)O)cc2)c1. The van der Waals surface area contributed by atoms with Crippen molar-refractivity contribution in [2.24, 2.45) is 0 Å². The molecule has 3 rings (SSSR count). The lowest BCUT2D eigenvalue weighted by Crippen LogP contribution is -2.34. The van der Waals surface area contributed by atoms with Gasteiger partial charge in [0.15, 0.2) is 5.60 Å². The fourth-order valence-corrected chi connectivity index (χ4v) is 3.39. The molecule has 0 aliphatic rings. The maximum absolute atomic E-state index is 13.0. The molecule has 0 amide bonds. The second-order valence-electron chi connectivity index (χ2n) is 8.50. The number of aromatic nitrogens is 1. The van der Waals surface area contributed by atoms with Crippen molar-refractivity contribution in [3.8, 4) is 0 Å². The smallest absolute Gasteiger partial charge is 0.335 e. The first-order chi connectivity index (χ1) is 15.2. The van der Waals surface area contributed by atoms with Crippen LogP contribution in [-0.4, -0.2) is 27.0 Å². The maximum atomic E-state index is 13.0. The lowest BCUT2D eigenvalue weighted by Gasteiger charge is -2.20. The third kappa shape index (κ3) is 5.83. The first-order valence-electron chi connectivity index (χ1n) is 10.6. The zero-order valence-corrected chi connectivity index (χ0v) is 19.0. The molecule has 0 atom stereocenters. The van der Waals surface area contributed by atoms with Gasteiger partial charge < -0.3 is 14.4 Å². The predicted octanol–water partition coefficient (Wildman–Crippen LogP) is 5.43. The van der Waals surface area contributed by atoms with Gasteiger partial charge in [0.2, 0.25) is 5.78 Å². The summed E-state index contributed by atoms with van der Waals surface area (Å²) in [4.78, 5) is 24.1. The second kappa shape index (κ2) is 9.79. The van der Waals surface area contributed by atoms with Crippen LogP contribution in [0.3, 0.4) is 0 Å². The van der Waals surface area contributed by atoms with E-state index in [1.54, 1.807) is 0 Å². The molecule has 32 heavy (non-hydrogen) atoms. The normalized spacial score (nSPS) is 11.8. The van der Waals surface area contributed by atoms with Crippen molar-refractivity contribution in [2.75, 3.05) is 0 Å². The minimum Gasteiger partial charge on any atom is -0.479 e. The number of carbonyl (C=O) groups is 2. The first-order valence-corrected chi connectivity index (χ1v) is 10.6. The Morgan fingerprint density at radius 1 is 1.03 bits per heavy atom. The molecule has 3 aromatic rings. The third-order valence-corrected chi connectivity index (χ3v) is 5.25. The summed E-state index contributed by atoms with van der Waals surface area (Å²) >= 11 is 0. The molecular weight excluding hydrogens is 402 g/mol. The molecule has 0 radical (unpaired) electrons. The summed E-state index contributed by atoms with van der Waals surface area (Å²) in [6, 6.07) is 17.4. The number of rotatable bonds is 9. The average molecular weight is 432 g/mol. The Kier molecular flexibility index (Phi) is 7.11. The van der Waals surface area contributed by atoms with Crippen LogP contribution in [-0.2, 0) is 22.7 Å². The Morgan fingerprint density at radius 2 is 1.69 bits per heavy atom. The number of ketones is 1. The van der Waals surface area contributed by atoms with Crippen LogP contribution in [0.2, 0.25) is 0 Å². The highest BCUT2D eigenvalue weighted by Crippen LogP contribution is 2.16. The molecule has 1 aromatic heterocycles. The van der Waals surface area contributed by atoms with E-state index < -0.39 is 11.6 Å². The van der Waals surface area contributed by atoms with Gasteiger partial charge in [0.25, 0.3) is 0 Å². The molecule has 2 aromatic carbocycles. The summed E-state index contributed by atoms with van der Waals surface area (Å²) in [5.74, 6) is -0.971. The van der Waals surface area contributed by atoms with Crippen LogP contribution < -0.4 is 0 Å². The van der Waals surface area contributed by atoms with Gasteiger partial charge in [0.05, 0.1) is 12.3 Å². The van der Waals surface area contributed by atoms with Crippen LogP contribution >= 0.6 is 0 Å². The van der Waals surface area contributed by atoms with E-state index in [1.807, 2.05) is 85.3 Å². The Bertz CT molecular complexity index is 1120. The van der Waals surface area contributed by atoms with Crippen LogP contribution in [0.1, 0.15) is 52.2 Å². The Balaban J connectivity index is 1.63. The van der Waals surface area contributed by atoms with Gasteiger partial charge in [-0.15, -0.1) is 0 Å². The van der Waals surface area contributed by atoms with E-state index in [2.05, 4.69) is 6.07 Å². The van der Waals surface area contributed by atoms with Crippen LogP contribution in [0, 0.1) is 13.8 Å². The van der Waals surface area contributed by atoms with Gasteiger partial charge in [-0.1, -0.05) is 53.6 Å². The van der Waals surface area contributed by atoms with Gasteiger partial charge >= 0.3 is 5.97 Å². The van der Waals surface area contributed by atoms with E-state index in [-0.39, 0.29) is 12.4 Å². The highest BCUT2D eigenvalue weighted by atomic mass is 16.5. The van der Waals surface area contributed by atoms with Crippen molar-refractivity contribution in [1.82, 2.24) is 4.57 Å². The molecule has 0 bridgehead atoms. The summed E-state index contributed by atoms with van der Waals surface area (Å²) in [7, 11) is 0. The lowest BCUT2D eigenvalue weighted by atomic mass is 10.0. The molecule has 1 heterocycles. The summed E-state index contributed by atoms with van der Waals surface area (Å²) in [5, 5.41) is 9.12. The van der Waals surface area contributed by atoms with E-state index in [1.165, 1.54) is 13.8 Å². The number of carboxylic acid groups (broad SMARTS) is 1. The Hall–Kier alpha value is -3.44. The topological polar surface area (TPSA) is 68.5 Å². The minimum absolute atomic E-state index is 0.0174. The van der Waals surface area contributed by atoms with Gasteiger partial charge in [-0.2, -0.15) is 0 Å². The Labute approximate surface area is 189 Å². The van der Waals surface area contributed by atoms with E-state index in [4.69, 9.17) is 9.84 Å². The zero-order chi connectivity index (χ0) is 23.3. The summed E-state index contributed by atoms with van der Waals surface area (Å²) in [6.07, 6.45) is 5.92. The van der Waals surface area contributed by atoms with E-state index in [9.17, 15) is 9.59 Å². The van der Waals surface area contributed by atoms with E-state index in [0.29, 0.717) is 17.8 Å². The summed E-state index contributed by atoms with van der Waals surface area (Å²) in [6.45, 7) is 7.87. The van der Waals surface area contributed by atoms with Crippen LogP contribution in [0.25, 0.3) is 6.08 Å². The zero-order valence-electron chi connectivity index (χ0n) is 19.0. The average Bonchev–Trinajstić information content (AvgIpc) is 3.20. The number of nitrogens with zero attached hydrogens (tertiary/aromatic N) is 1. The number of carboxylic acids is 1. The highest BCUT2D eigenvalue weighted by molar-refractivity contribution is 6.08. The second-order valence-corrected chi connectivity index (χ2v) is 8.50.